The van der Waals surface area contributed by atoms with Gasteiger partial charge in [-0.15, -0.1) is 0 Å². The summed E-state index contributed by atoms with van der Waals surface area (Å²) in [4.78, 5) is 30.1. The number of benzene rings is 4. The molecular weight excluding hydrogens is 550 g/mol. The normalized spacial score (nSPS) is 13.7. The van der Waals surface area contributed by atoms with Gasteiger partial charge in [0.25, 0.3) is 5.91 Å². The number of carbonyl (C=O) groups excluding carboxylic acids is 1. The Morgan fingerprint density at radius 2 is 1.58 bits per heavy atom. The molecule has 0 radical (unpaired) electrons. The van der Waals surface area contributed by atoms with Crippen molar-refractivity contribution < 1.29 is 23.5 Å². The van der Waals surface area contributed by atoms with Crippen molar-refractivity contribution in [2.24, 2.45) is 0 Å². The first kappa shape index (κ1) is 26.5. The molecule has 2 aromatic heterocycles. The fraction of sp³-hybridized carbons (Fsp3) is 0.118. The number of hydrogen-bond donors (Lipinski definition) is 2. The summed E-state index contributed by atoms with van der Waals surface area (Å²) in [6.45, 7) is 0.296. The molecule has 1 aliphatic carbocycles. The zero-order valence-electron chi connectivity index (χ0n) is 22.7. The number of halogens is 2. The van der Waals surface area contributed by atoms with E-state index in [1.165, 1.54) is 24.3 Å². The third-order valence-electron chi connectivity index (χ3n) is 7.93. The number of para-hydroxylation sites is 1. The van der Waals surface area contributed by atoms with E-state index in [0.29, 0.717) is 47.0 Å². The molecule has 1 fully saturated rings. The van der Waals surface area contributed by atoms with E-state index in [-0.39, 0.29) is 11.5 Å². The van der Waals surface area contributed by atoms with Crippen LogP contribution in [0.1, 0.15) is 44.8 Å². The molecule has 0 aliphatic heterocycles. The van der Waals surface area contributed by atoms with Crippen LogP contribution in [0, 0.1) is 11.6 Å². The number of carboxylic acids is 1. The number of aromatic nitrogens is 3. The highest BCUT2D eigenvalue weighted by Gasteiger charge is 2.46. The van der Waals surface area contributed by atoms with Crippen molar-refractivity contribution in [3.63, 3.8) is 0 Å². The molecule has 2 heterocycles. The number of fused-ring (bicyclic) bond motifs is 2. The number of hydrogen-bond acceptors (Lipinski definition) is 4. The highest BCUT2D eigenvalue weighted by atomic mass is 19.1. The Balaban J connectivity index is 1.31. The summed E-state index contributed by atoms with van der Waals surface area (Å²) < 4.78 is 30.0. The predicted molar refractivity (Wildman–Crippen MR) is 158 cm³/mol. The third-order valence-corrected chi connectivity index (χ3v) is 7.93. The van der Waals surface area contributed by atoms with Gasteiger partial charge in [0.2, 0.25) is 0 Å². The standard InChI is InChI=1S/C34H24F2N4O3/c35-26-14-23(15-27(36)17-26)22-13-24-18-37-40(19-28-10-7-20-3-1-2-4-30(20)38-28)31(24)29(16-22)32(41)39-34(11-12-34)25-8-5-21(6-9-25)33(42)43/h1-10,13-18H,11-12,19H2,(H,39,41)(H,42,43). The molecule has 0 atom stereocenters. The van der Waals surface area contributed by atoms with Crippen LogP contribution in [0.2, 0.25) is 0 Å². The minimum Gasteiger partial charge on any atom is -0.478 e. The average Bonchev–Trinajstić information content (AvgIpc) is 3.67. The second-order valence-corrected chi connectivity index (χ2v) is 10.8. The molecule has 4 aromatic carbocycles. The van der Waals surface area contributed by atoms with Crippen molar-refractivity contribution in [2.45, 2.75) is 24.9 Å². The second kappa shape index (κ2) is 10.1. The fourth-order valence-corrected chi connectivity index (χ4v) is 5.59. The van der Waals surface area contributed by atoms with Gasteiger partial charge >= 0.3 is 5.97 Å². The van der Waals surface area contributed by atoms with Crippen molar-refractivity contribution in [2.75, 3.05) is 0 Å². The summed E-state index contributed by atoms with van der Waals surface area (Å²) in [7, 11) is 0. The van der Waals surface area contributed by atoms with Crippen LogP contribution in [0.3, 0.4) is 0 Å². The van der Waals surface area contributed by atoms with Crippen molar-refractivity contribution in [3.8, 4) is 11.1 Å². The number of amides is 1. The SMILES string of the molecule is O=C(O)c1ccc(C2(NC(=O)c3cc(-c4cc(F)cc(F)c4)cc4cnn(Cc5ccc6ccccc6n5)c34)CC2)cc1. The summed E-state index contributed by atoms with van der Waals surface area (Å²) in [6, 6.07) is 24.8. The number of carboxylic acid groups (broad SMARTS) is 1. The van der Waals surface area contributed by atoms with Crippen LogP contribution < -0.4 is 5.32 Å². The molecule has 0 unspecified atom stereocenters. The smallest absolute Gasteiger partial charge is 0.335 e. The van der Waals surface area contributed by atoms with Crippen LogP contribution in [0.4, 0.5) is 8.78 Å². The highest BCUT2D eigenvalue weighted by Crippen LogP contribution is 2.46. The van der Waals surface area contributed by atoms with Gasteiger partial charge < -0.3 is 10.4 Å². The lowest BCUT2D eigenvalue weighted by Crippen LogP contribution is -2.35. The molecule has 43 heavy (non-hydrogen) atoms. The first-order valence-electron chi connectivity index (χ1n) is 13.8. The highest BCUT2D eigenvalue weighted by molar-refractivity contribution is 6.08. The van der Waals surface area contributed by atoms with Gasteiger partial charge in [0, 0.05) is 16.8 Å². The van der Waals surface area contributed by atoms with E-state index in [2.05, 4.69) is 10.4 Å². The Morgan fingerprint density at radius 1 is 0.860 bits per heavy atom. The topological polar surface area (TPSA) is 97.1 Å². The predicted octanol–water partition coefficient (Wildman–Crippen LogP) is 6.70. The third kappa shape index (κ3) is 4.99. The van der Waals surface area contributed by atoms with Crippen molar-refractivity contribution in [3.05, 3.63) is 131 Å². The molecule has 2 N–H and O–H groups in total. The lowest BCUT2D eigenvalue weighted by atomic mass is 9.98. The molecule has 0 saturated heterocycles. The van der Waals surface area contributed by atoms with Gasteiger partial charge in [-0.1, -0.05) is 36.4 Å². The van der Waals surface area contributed by atoms with Crippen LogP contribution in [0.25, 0.3) is 32.9 Å². The maximum absolute atomic E-state index is 14.2. The van der Waals surface area contributed by atoms with E-state index in [9.17, 15) is 23.5 Å². The van der Waals surface area contributed by atoms with Gasteiger partial charge in [0.05, 0.1) is 46.1 Å². The molecule has 9 heteroatoms. The van der Waals surface area contributed by atoms with Crippen LogP contribution in [-0.4, -0.2) is 31.7 Å². The average molecular weight is 575 g/mol. The van der Waals surface area contributed by atoms with Gasteiger partial charge in [-0.05, 0) is 78.1 Å². The molecule has 1 amide bonds. The minimum atomic E-state index is -1.03. The number of carbonyl (C=O) groups is 2. The van der Waals surface area contributed by atoms with Gasteiger partial charge in [-0.2, -0.15) is 5.10 Å². The first-order valence-corrected chi connectivity index (χ1v) is 13.8. The maximum atomic E-state index is 14.2. The van der Waals surface area contributed by atoms with E-state index in [1.807, 2.05) is 36.4 Å². The van der Waals surface area contributed by atoms with E-state index in [1.54, 1.807) is 35.1 Å². The first-order chi connectivity index (χ1) is 20.8. The molecular formula is C34H24F2N4O3. The molecule has 7 rings (SSSR count). The fourth-order valence-electron chi connectivity index (χ4n) is 5.59. The molecule has 0 bridgehead atoms. The zero-order chi connectivity index (χ0) is 29.7. The maximum Gasteiger partial charge on any atom is 0.335 e. The Labute approximate surface area is 244 Å². The lowest BCUT2D eigenvalue weighted by molar-refractivity contribution is 0.0696. The van der Waals surface area contributed by atoms with E-state index in [0.717, 1.165) is 28.2 Å². The molecule has 212 valence electrons. The lowest BCUT2D eigenvalue weighted by Gasteiger charge is -2.19. The molecule has 0 spiro atoms. The van der Waals surface area contributed by atoms with Crippen molar-refractivity contribution in [1.82, 2.24) is 20.1 Å². The van der Waals surface area contributed by atoms with Gasteiger partial charge in [-0.3, -0.25) is 14.5 Å². The van der Waals surface area contributed by atoms with Crippen molar-refractivity contribution in [1.29, 1.82) is 0 Å². The summed E-state index contributed by atoms with van der Waals surface area (Å²) in [5, 5.41) is 18.6. The van der Waals surface area contributed by atoms with Gasteiger partial charge in [0.1, 0.15) is 11.6 Å². The quantitative estimate of drug-likeness (QED) is 0.221. The number of nitrogens with one attached hydrogen (secondary N) is 1. The number of rotatable bonds is 7. The number of pyridine rings is 1. The van der Waals surface area contributed by atoms with E-state index < -0.39 is 23.1 Å². The Bertz CT molecular complexity index is 2050. The molecule has 1 aliphatic rings. The second-order valence-electron chi connectivity index (χ2n) is 10.8. The van der Waals surface area contributed by atoms with Gasteiger partial charge in [-0.25, -0.2) is 13.6 Å². The van der Waals surface area contributed by atoms with Crippen LogP contribution in [0.5, 0.6) is 0 Å². The van der Waals surface area contributed by atoms with Crippen LogP contribution in [-0.2, 0) is 12.1 Å². The van der Waals surface area contributed by atoms with E-state index >= 15 is 0 Å². The largest absolute Gasteiger partial charge is 0.478 e. The molecule has 1 saturated carbocycles. The Morgan fingerprint density at radius 3 is 2.30 bits per heavy atom. The monoisotopic (exact) mass is 574 g/mol. The zero-order valence-corrected chi connectivity index (χ0v) is 22.7. The number of aromatic carboxylic acids is 1. The van der Waals surface area contributed by atoms with Gasteiger partial charge in [0.15, 0.2) is 0 Å². The summed E-state index contributed by atoms with van der Waals surface area (Å²) in [5.41, 5.74) is 3.53. The summed E-state index contributed by atoms with van der Waals surface area (Å²) >= 11 is 0. The molecule has 6 aromatic rings. The van der Waals surface area contributed by atoms with Crippen LogP contribution in [0.15, 0.2) is 97.2 Å². The summed E-state index contributed by atoms with van der Waals surface area (Å²) in [6.07, 6.45) is 3.00. The Kier molecular flexibility index (Phi) is 6.23. The molecule has 7 nitrogen and oxygen atoms in total. The minimum absolute atomic E-state index is 0.161. The van der Waals surface area contributed by atoms with E-state index in [4.69, 9.17) is 4.98 Å². The van der Waals surface area contributed by atoms with Crippen molar-refractivity contribution >= 4 is 33.7 Å². The Hall–Kier alpha value is -5.44. The number of nitrogens with zero attached hydrogens (tertiary/aromatic N) is 3. The summed E-state index contributed by atoms with van der Waals surface area (Å²) in [5.74, 6) is -2.85. The van der Waals surface area contributed by atoms with Crippen LogP contribution >= 0.6 is 0 Å².